The molecule has 1 aliphatic rings. The first-order valence-corrected chi connectivity index (χ1v) is 8.28. The fraction of sp³-hybridized carbons (Fsp3) is 0.765. The second-order valence-corrected chi connectivity index (χ2v) is 7.52. The van der Waals surface area contributed by atoms with Crippen molar-refractivity contribution >= 4 is 17.0 Å². The van der Waals surface area contributed by atoms with Crippen molar-refractivity contribution in [1.29, 1.82) is 0 Å². The summed E-state index contributed by atoms with van der Waals surface area (Å²) in [7, 11) is 0. The van der Waals surface area contributed by atoms with Gasteiger partial charge in [-0.1, -0.05) is 0 Å². The average molecular weight is 472 g/mol. The third-order valence-electron chi connectivity index (χ3n) is 0.586. The van der Waals surface area contributed by atoms with Crippen molar-refractivity contribution in [3.8, 4) is 0 Å². The molecule has 0 heterocycles. The molecule has 0 aliphatic heterocycles. The van der Waals surface area contributed by atoms with Gasteiger partial charge < -0.3 is 15.3 Å². The molecule has 3 N–H and O–H groups in total. The molecule has 0 bridgehead atoms. The van der Waals surface area contributed by atoms with Crippen molar-refractivity contribution in [2.45, 2.75) is 85.5 Å². The molecule has 0 aromatic rings. The molecule has 23 heavy (non-hydrogen) atoms. The zero-order valence-electron chi connectivity index (χ0n) is 16.4. The maximum absolute atomic E-state index is 9.62. The molecule has 1 aliphatic carbocycles. The van der Waals surface area contributed by atoms with Crippen LogP contribution >= 0.6 is 0 Å². The summed E-state index contributed by atoms with van der Waals surface area (Å²) in [6.07, 6.45) is 10.0. The molecular formula is C17H37FGeO3Zr-. The molecular weight excluding hydrogens is 435 g/mol. The van der Waals surface area contributed by atoms with Gasteiger partial charge >= 0.3 is 20.5 Å². The molecule has 139 valence electrons. The van der Waals surface area contributed by atoms with Gasteiger partial charge in [-0.3, -0.25) is 6.08 Å². The SMILES string of the molecule is CC(C)(C)O.CC(C)(C)O.CC(C)(C)O.[C-]1=CC=CC1.[F][GeH2].[Zr]. The van der Waals surface area contributed by atoms with E-state index >= 15 is 0 Å². The maximum Gasteiger partial charge on any atom is 0 e. The van der Waals surface area contributed by atoms with Crippen LogP contribution in [0.2, 0.25) is 0 Å². The maximum atomic E-state index is 9.62. The van der Waals surface area contributed by atoms with Gasteiger partial charge in [0.05, 0.1) is 16.8 Å². The minimum atomic E-state index is -0.500. The molecule has 0 amide bonds. The van der Waals surface area contributed by atoms with Crippen molar-refractivity contribution in [2.24, 2.45) is 0 Å². The Labute approximate surface area is 171 Å². The fourth-order valence-corrected chi connectivity index (χ4v) is 0.340. The molecule has 0 saturated carbocycles. The molecule has 0 unspecified atom stereocenters. The second-order valence-electron chi connectivity index (χ2n) is 7.52. The Balaban J connectivity index is -0.0000000595. The summed E-state index contributed by atoms with van der Waals surface area (Å²) in [5.41, 5.74) is -1.50. The summed E-state index contributed by atoms with van der Waals surface area (Å²) in [6, 6.07) is 0. The summed E-state index contributed by atoms with van der Waals surface area (Å²) in [5.74, 6) is 0. The standard InChI is InChI=1S/C5H5.3C4H10O.FGeH2.Zr/c1-2-4-5-3-1;3*1-4(2,3)5;1-2;/h1-3H,4H2;3*5H,1-3H3;2H2;/q-1;;;;;. The topological polar surface area (TPSA) is 60.7 Å². The monoisotopic (exact) mass is 472 g/mol. The van der Waals surface area contributed by atoms with Gasteiger partial charge in [-0.25, -0.2) is 12.2 Å². The van der Waals surface area contributed by atoms with Crippen molar-refractivity contribution < 1.29 is 45.0 Å². The van der Waals surface area contributed by atoms with Gasteiger partial charge in [0.15, 0.2) is 0 Å². The van der Waals surface area contributed by atoms with Crippen LogP contribution in [0.5, 0.6) is 0 Å². The van der Waals surface area contributed by atoms with Crippen molar-refractivity contribution in [2.75, 3.05) is 0 Å². The van der Waals surface area contributed by atoms with E-state index in [0.717, 1.165) is 6.42 Å². The molecule has 0 aromatic heterocycles. The summed E-state index contributed by atoms with van der Waals surface area (Å²) in [6.45, 7) is 15.7. The number of rotatable bonds is 0. The molecule has 1 rings (SSSR count). The van der Waals surface area contributed by atoms with Crippen LogP contribution in [0.1, 0.15) is 68.7 Å². The molecule has 3 nitrogen and oxygen atoms in total. The zero-order valence-corrected chi connectivity index (χ0v) is 21.8. The van der Waals surface area contributed by atoms with Gasteiger partial charge in [0.25, 0.3) is 0 Å². The van der Waals surface area contributed by atoms with Gasteiger partial charge in [-0.2, -0.15) is 6.08 Å². The smallest absolute Gasteiger partial charge is 0 e. The van der Waals surface area contributed by atoms with E-state index in [1.807, 2.05) is 12.2 Å². The first-order chi connectivity index (χ1) is 9.50. The van der Waals surface area contributed by atoms with E-state index in [1.165, 1.54) is 0 Å². The van der Waals surface area contributed by atoms with Crippen LogP contribution < -0.4 is 0 Å². The molecule has 1 radical (unpaired) electrons. The first-order valence-electron chi connectivity index (χ1n) is 7.16. The van der Waals surface area contributed by atoms with Crippen LogP contribution in [-0.4, -0.2) is 49.1 Å². The third kappa shape index (κ3) is 298. The van der Waals surface area contributed by atoms with Gasteiger partial charge in [-0.05, 0) is 62.3 Å². The predicted molar refractivity (Wildman–Crippen MR) is 97.1 cm³/mol. The number of aliphatic hydroxyl groups is 3. The Morgan fingerprint density at radius 3 is 1.04 bits per heavy atom. The third-order valence-corrected chi connectivity index (χ3v) is 0.586. The largest absolute Gasteiger partial charge is 0 e. The first kappa shape index (κ1) is 34.9. The number of hydrogen-bond acceptors (Lipinski definition) is 3. The number of allylic oxidation sites excluding steroid dienone is 4. The summed E-state index contributed by atoms with van der Waals surface area (Å²) in [4.78, 5) is 0. The Morgan fingerprint density at radius 2 is 1.00 bits per heavy atom. The Hall–Kier alpha value is 0.716. The normalized spacial score (nSPS) is 11.9. The van der Waals surface area contributed by atoms with Gasteiger partial charge in [-0.15, -0.1) is 6.42 Å². The van der Waals surface area contributed by atoms with Gasteiger partial charge in [0, 0.05) is 26.2 Å². The quantitative estimate of drug-likeness (QED) is 0.375. The molecule has 0 spiro atoms. The van der Waals surface area contributed by atoms with Crippen LogP contribution in [0.25, 0.3) is 0 Å². The van der Waals surface area contributed by atoms with E-state index in [-0.39, 0.29) is 43.2 Å². The minimum Gasteiger partial charge on any atom is 0 e. The van der Waals surface area contributed by atoms with E-state index in [1.54, 1.807) is 62.3 Å². The predicted octanol–water partition coefficient (Wildman–Crippen LogP) is 3.14. The second kappa shape index (κ2) is 19.0. The fourth-order valence-electron chi connectivity index (χ4n) is 0.340. The van der Waals surface area contributed by atoms with Crippen molar-refractivity contribution in [3.63, 3.8) is 0 Å². The van der Waals surface area contributed by atoms with E-state index in [0.29, 0.717) is 0 Å². The van der Waals surface area contributed by atoms with Crippen molar-refractivity contribution in [1.82, 2.24) is 0 Å². The Morgan fingerprint density at radius 1 is 0.783 bits per heavy atom. The Bertz CT molecular complexity index is 219. The number of halogens is 1. The van der Waals surface area contributed by atoms with E-state index in [4.69, 9.17) is 15.3 Å². The zero-order chi connectivity index (χ0) is 19.0. The van der Waals surface area contributed by atoms with Crippen LogP contribution in [0, 0.1) is 6.08 Å². The average Bonchev–Trinajstić information content (AvgIpc) is 2.68. The molecule has 0 fully saturated rings. The molecule has 0 atom stereocenters. The molecule has 0 aromatic carbocycles. The molecule has 6 heteroatoms. The minimum absolute atomic E-state index is 0. The van der Waals surface area contributed by atoms with E-state index in [9.17, 15) is 3.50 Å². The summed E-state index contributed by atoms with van der Waals surface area (Å²) >= 11 is -0.125. The van der Waals surface area contributed by atoms with Crippen LogP contribution in [0.15, 0.2) is 18.2 Å². The van der Waals surface area contributed by atoms with Crippen molar-refractivity contribution in [3.05, 3.63) is 24.3 Å². The summed E-state index contributed by atoms with van der Waals surface area (Å²) < 4.78 is 9.62. The van der Waals surface area contributed by atoms with Gasteiger partial charge in [0.2, 0.25) is 0 Å². The van der Waals surface area contributed by atoms with Gasteiger partial charge in [0.1, 0.15) is 0 Å². The van der Waals surface area contributed by atoms with E-state index in [2.05, 4.69) is 12.2 Å². The molecule has 0 saturated heterocycles. The van der Waals surface area contributed by atoms with E-state index < -0.39 is 16.8 Å². The van der Waals surface area contributed by atoms with Crippen LogP contribution in [0.4, 0.5) is 3.50 Å². The summed E-state index contributed by atoms with van der Waals surface area (Å²) in [5, 5.41) is 25.6. The van der Waals surface area contributed by atoms with Crippen LogP contribution in [0.3, 0.4) is 0 Å². The number of hydrogen-bond donors (Lipinski definition) is 3. The van der Waals surface area contributed by atoms with Crippen LogP contribution in [-0.2, 0) is 26.2 Å². The Kier molecular flexibility index (Phi) is 28.9.